The summed E-state index contributed by atoms with van der Waals surface area (Å²) < 4.78 is 0. The Morgan fingerprint density at radius 3 is 2.58 bits per heavy atom. The summed E-state index contributed by atoms with van der Waals surface area (Å²) in [4.78, 5) is 25.1. The standard InChI is InChI=1S/C25H19N5O/c1-16-21(19-7-3-4-8-22(19)28-16)15-27-30-25(31)20-14-24(17-10-12-26-13-11-17)29-23-9-5-2-6-18(20)23/h2-15,28H,1H3,(H,30,31). The number of fused-ring (bicyclic) bond motifs is 2. The fraction of sp³-hybridized carbons (Fsp3) is 0.0400. The van der Waals surface area contributed by atoms with Crippen molar-refractivity contribution in [1.29, 1.82) is 0 Å². The van der Waals surface area contributed by atoms with Gasteiger partial charge in [-0.25, -0.2) is 10.4 Å². The molecule has 0 saturated heterocycles. The van der Waals surface area contributed by atoms with Crippen molar-refractivity contribution >= 4 is 33.9 Å². The van der Waals surface area contributed by atoms with Crippen molar-refractivity contribution in [1.82, 2.24) is 20.4 Å². The van der Waals surface area contributed by atoms with E-state index in [4.69, 9.17) is 4.98 Å². The van der Waals surface area contributed by atoms with Gasteiger partial charge in [0.1, 0.15) is 0 Å². The Kier molecular flexibility index (Phi) is 4.72. The smallest absolute Gasteiger partial charge is 0.272 e. The second-order valence-electron chi connectivity index (χ2n) is 7.22. The van der Waals surface area contributed by atoms with Crippen LogP contribution in [0.4, 0.5) is 0 Å². The van der Waals surface area contributed by atoms with Crippen LogP contribution in [0.15, 0.2) is 84.2 Å². The van der Waals surface area contributed by atoms with Gasteiger partial charge in [0.2, 0.25) is 0 Å². The van der Waals surface area contributed by atoms with Gasteiger partial charge in [0.25, 0.3) is 5.91 Å². The average Bonchev–Trinajstić information content (AvgIpc) is 3.14. The van der Waals surface area contributed by atoms with Crippen LogP contribution in [0.2, 0.25) is 0 Å². The van der Waals surface area contributed by atoms with Crippen LogP contribution in [0, 0.1) is 6.92 Å². The summed E-state index contributed by atoms with van der Waals surface area (Å²) >= 11 is 0. The van der Waals surface area contributed by atoms with Crippen LogP contribution < -0.4 is 5.43 Å². The maximum atomic E-state index is 13.0. The molecule has 0 aliphatic rings. The summed E-state index contributed by atoms with van der Waals surface area (Å²) in [5.74, 6) is -0.289. The van der Waals surface area contributed by atoms with Gasteiger partial charge in [-0.15, -0.1) is 0 Å². The third-order valence-corrected chi connectivity index (χ3v) is 5.24. The lowest BCUT2D eigenvalue weighted by Gasteiger charge is -2.09. The molecule has 0 unspecified atom stereocenters. The molecule has 5 rings (SSSR count). The number of para-hydroxylation sites is 2. The molecule has 0 bridgehead atoms. The lowest BCUT2D eigenvalue weighted by atomic mass is 10.0. The van der Waals surface area contributed by atoms with Crippen LogP contribution in [0.3, 0.4) is 0 Å². The number of nitrogens with one attached hydrogen (secondary N) is 2. The van der Waals surface area contributed by atoms with E-state index in [1.807, 2.05) is 67.6 Å². The minimum absolute atomic E-state index is 0.289. The maximum Gasteiger partial charge on any atom is 0.272 e. The topological polar surface area (TPSA) is 83.0 Å². The fourth-order valence-electron chi connectivity index (χ4n) is 3.71. The van der Waals surface area contributed by atoms with Crippen molar-refractivity contribution in [3.8, 4) is 11.3 Å². The van der Waals surface area contributed by atoms with Crippen molar-refractivity contribution in [3.63, 3.8) is 0 Å². The highest BCUT2D eigenvalue weighted by molar-refractivity contribution is 6.08. The zero-order valence-corrected chi connectivity index (χ0v) is 16.8. The normalized spacial score (nSPS) is 11.4. The van der Waals surface area contributed by atoms with Crippen LogP contribution in [0.1, 0.15) is 21.6 Å². The van der Waals surface area contributed by atoms with Gasteiger partial charge in [0, 0.05) is 45.5 Å². The Morgan fingerprint density at radius 1 is 1.00 bits per heavy atom. The minimum Gasteiger partial charge on any atom is -0.358 e. The van der Waals surface area contributed by atoms with Crippen LogP contribution in [0.5, 0.6) is 0 Å². The summed E-state index contributed by atoms with van der Waals surface area (Å²) in [5.41, 5.74) is 8.53. The van der Waals surface area contributed by atoms with Gasteiger partial charge in [0.05, 0.1) is 23.0 Å². The molecule has 0 aliphatic carbocycles. The van der Waals surface area contributed by atoms with Gasteiger partial charge in [-0.05, 0) is 37.3 Å². The van der Waals surface area contributed by atoms with Gasteiger partial charge in [-0.2, -0.15) is 5.10 Å². The van der Waals surface area contributed by atoms with Crippen molar-refractivity contribution in [2.45, 2.75) is 6.92 Å². The predicted molar refractivity (Wildman–Crippen MR) is 123 cm³/mol. The zero-order chi connectivity index (χ0) is 21.2. The minimum atomic E-state index is -0.289. The second-order valence-corrected chi connectivity index (χ2v) is 7.22. The van der Waals surface area contributed by atoms with E-state index in [9.17, 15) is 4.79 Å². The number of aryl methyl sites for hydroxylation is 1. The molecule has 31 heavy (non-hydrogen) atoms. The van der Waals surface area contributed by atoms with Crippen LogP contribution in [0.25, 0.3) is 33.1 Å². The number of pyridine rings is 2. The first-order valence-electron chi connectivity index (χ1n) is 9.91. The lowest BCUT2D eigenvalue weighted by molar-refractivity contribution is 0.0956. The van der Waals surface area contributed by atoms with Crippen LogP contribution >= 0.6 is 0 Å². The van der Waals surface area contributed by atoms with E-state index < -0.39 is 0 Å². The first-order chi connectivity index (χ1) is 15.2. The van der Waals surface area contributed by atoms with Crippen LogP contribution in [-0.2, 0) is 0 Å². The molecule has 0 radical (unpaired) electrons. The molecule has 0 saturated carbocycles. The largest absolute Gasteiger partial charge is 0.358 e. The highest BCUT2D eigenvalue weighted by Crippen LogP contribution is 2.24. The van der Waals surface area contributed by atoms with Crippen molar-refractivity contribution in [2.75, 3.05) is 0 Å². The zero-order valence-electron chi connectivity index (χ0n) is 16.8. The summed E-state index contributed by atoms with van der Waals surface area (Å²) in [6.07, 6.45) is 5.10. The molecule has 3 heterocycles. The van der Waals surface area contributed by atoms with Gasteiger partial charge < -0.3 is 4.98 Å². The molecular formula is C25H19N5O. The Hall–Kier alpha value is -4.32. The number of rotatable bonds is 4. The number of hydrazone groups is 1. The molecule has 6 heteroatoms. The summed E-state index contributed by atoms with van der Waals surface area (Å²) in [6, 6.07) is 21.1. The molecule has 2 aromatic carbocycles. The number of H-pyrrole nitrogens is 1. The molecule has 3 aromatic heterocycles. The summed E-state index contributed by atoms with van der Waals surface area (Å²) in [6.45, 7) is 1.99. The Labute approximate surface area is 178 Å². The first-order valence-corrected chi connectivity index (χ1v) is 9.91. The number of aromatic amines is 1. The Morgan fingerprint density at radius 2 is 1.74 bits per heavy atom. The molecule has 6 nitrogen and oxygen atoms in total. The molecule has 1 amide bonds. The number of benzene rings is 2. The monoisotopic (exact) mass is 405 g/mol. The number of hydrogen-bond acceptors (Lipinski definition) is 4. The molecule has 5 aromatic rings. The molecule has 2 N–H and O–H groups in total. The van der Waals surface area contributed by atoms with Gasteiger partial charge in [0.15, 0.2) is 0 Å². The highest BCUT2D eigenvalue weighted by Gasteiger charge is 2.14. The second kappa shape index (κ2) is 7.84. The lowest BCUT2D eigenvalue weighted by Crippen LogP contribution is -2.18. The molecule has 0 aliphatic heterocycles. The van der Waals surface area contributed by atoms with E-state index in [0.717, 1.165) is 38.6 Å². The number of hydrogen-bond donors (Lipinski definition) is 2. The third kappa shape index (κ3) is 3.55. The van der Waals surface area contributed by atoms with E-state index in [-0.39, 0.29) is 5.91 Å². The van der Waals surface area contributed by atoms with E-state index in [0.29, 0.717) is 11.3 Å². The molecule has 150 valence electrons. The highest BCUT2D eigenvalue weighted by atomic mass is 16.2. The van der Waals surface area contributed by atoms with Crippen LogP contribution in [-0.4, -0.2) is 27.1 Å². The summed E-state index contributed by atoms with van der Waals surface area (Å²) in [7, 11) is 0. The average molecular weight is 405 g/mol. The predicted octanol–water partition coefficient (Wildman–Crippen LogP) is 4.85. The molecule has 0 fully saturated rings. The van der Waals surface area contributed by atoms with Crippen molar-refractivity contribution in [2.24, 2.45) is 5.10 Å². The third-order valence-electron chi connectivity index (χ3n) is 5.24. The SMILES string of the molecule is Cc1[nH]c2ccccc2c1C=NNC(=O)c1cc(-c2ccncc2)nc2ccccc12. The van der Waals surface area contributed by atoms with Gasteiger partial charge >= 0.3 is 0 Å². The van der Waals surface area contributed by atoms with E-state index in [1.54, 1.807) is 24.7 Å². The van der Waals surface area contributed by atoms with E-state index in [2.05, 4.69) is 20.5 Å². The summed E-state index contributed by atoms with van der Waals surface area (Å²) in [5, 5.41) is 6.07. The molecule has 0 atom stereocenters. The number of carbonyl (C=O) groups is 1. The quantitative estimate of drug-likeness (QED) is 0.331. The van der Waals surface area contributed by atoms with Crippen molar-refractivity contribution < 1.29 is 4.79 Å². The number of aromatic nitrogens is 3. The van der Waals surface area contributed by atoms with E-state index in [1.165, 1.54) is 0 Å². The number of carbonyl (C=O) groups excluding carboxylic acids is 1. The Balaban J connectivity index is 1.49. The fourth-order valence-corrected chi connectivity index (χ4v) is 3.71. The first kappa shape index (κ1) is 18.7. The maximum absolute atomic E-state index is 13.0. The van der Waals surface area contributed by atoms with Gasteiger partial charge in [-0.1, -0.05) is 36.4 Å². The Bertz CT molecular complexity index is 1440. The number of amides is 1. The number of nitrogens with zero attached hydrogens (tertiary/aromatic N) is 3. The van der Waals surface area contributed by atoms with Crippen molar-refractivity contribution in [3.05, 3.63) is 95.9 Å². The molecule has 0 spiro atoms. The van der Waals surface area contributed by atoms with E-state index >= 15 is 0 Å². The van der Waals surface area contributed by atoms with Gasteiger partial charge in [-0.3, -0.25) is 9.78 Å². The molecular weight excluding hydrogens is 386 g/mol.